The van der Waals surface area contributed by atoms with E-state index in [0.29, 0.717) is 28.9 Å². The van der Waals surface area contributed by atoms with Crippen molar-refractivity contribution in [1.29, 1.82) is 0 Å². The Morgan fingerprint density at radius 1 is 1.12 bits per heavy atom. The Kier molecular flexibility index (Phi) is 5.26. The van der Waals surface area contributed by atoms with Gasteiger partial charge in [-0.05, 0) is 61.0 Å². The third-order valence-corrected chi connectivity index (χ3v) is 5.81. The molecule has 0 spiro atoms. The Labute approximate surface area is 189 Å². The Bertz CT molecular complexity index is 1400. The van der Waals surface area contributed by atoms with Crippen LogP contribution in [0.3, 0.4) is 0 Å². The molecule has 0 N–H and O–H groups in total. The van der Waals surface area contributed by atoms with Gasteiger partial charge in [0.05, 0.1) is 30.0 Å². The van der Waals surface area contributed by atoms with E-state index in [-0.39, 0.29) is 18.0 Å². The lowest BCUT2D eigenvalue weighted by molar-refractivity contribution is -0.134. The average Bonchev–Trinajstić information content (AvgIpc) is 3.52. The maximum absolute atomic E-state index is 13.4. The number of ether oxygens (including phenoxy) is 1. The molecule has 1 amide bonds. The van der Waals surface area contributed by atoms with E-state index in [2.05, 4.69) is 10.1 Å². The third kappa shape index (κ3) is 3.80. The van der Waals surface area contributed by atoms with Crippen LogP contribution in [-0.2, 0) is 11.3 Å². The number of amides is 1. The molecule has 1 aliphatic rings. The van der Waals surface area contributed by atoms with E-state index in [1.54, 1.807) is 44.6 Å². The highest BCUT2D eigenvalue weighted by Gasteiger charge is 2.35. The second kappa shape index (κ2) is 8.38. The second-order valence-corrected chi connectivity index (χ2v) is 7.82. The largest absolute Gasteiger partial charge is 0.497 e. The monoisotopic (exact) mass is 442 g/mol. The van der Waals surface area contributed by atoms with Crippen molar-refractivity contribution in [1.82, 2.24) is 14.6 Å². The van der Waals surface area contributed by atoms with Gasteiger partial charge in [0.1, 0.15) is 29.9 Å². The van der Waals surface area contributed by atoms with E-state index in [4.69, 9.17) is 9.15 Å². The first-order valence-corrected chi connectivity index (χ1v) is 10.6. The predicted molar refractivity (Wildman–Crippen MR) is 123 cm³/mol. The lowest BCUT2D eigenvalue weighted by Gasteiger charge is -2.21. The number of nitrogens with zero attached hydrogens (tertiary/aromatic N) is 4. The van der Waals surface area contributed by atoms with Gasteiger partial charge in [0.2, 0.25) is 0 Å². The summed E-state index contributed by atoms with van der Waals surface area (Å²) in [5.74, 6) is 1.53. The zero-order valence-corrected chi connectivity index (χ0v) is 18.3. The number of hydrogen-bond donors (Lipinski definition) is 0. The molecular formula is C25H22N4O4. The van der Waals surface area contributed by atoms with Gasteiger partial charge >= 0.3 is 0 Å². The Hall–Kier alpha value is -4.20. The molecule has 1 atom stereocenters. The fraction of sp³-hybridized carbons (Fsp3) is 0.200. The number of furan rings is 1. The molecule has 1 aliphatic heterocycles. The summed E-state index contributed by atoms with van der Waals surface area (Å²) in [5.41, 5.74) is 2.01. The fourth-order valence-electron chi connectivity index (χ4n) is 4.07. The van der Waals surface area contributed by atoms with Gasteiger partial charge < -0.3 is 9.15 Å². The van der Waals surface area contributed by atoms with Gasteiger partial charge in [-0.1, -0.05) is 12.1 Å². The number of rotatable bonds is 5. The molecule has 0 saturated heterocycles. The van der Waals surface area contributed by atoms with E-state index in [0.717, 1.165) is 17.0 Å². The van der Waals surface area contributed by atoms with E-state index in [9.17, 15) is 9.59 Å². The van der Waals surface area contributed by atoms with Crippen molar-refractivity contribution in [3.63, 3.8) is 0 Å². The van der Waals surface area contributed by atoms with Crippen LogP contribution in [-0.4, -0.2) is 33.3 Å². The number of carbonyl (C=O) groups excluding carboxylic acids is 1. The molecule has 33 heavy (non-hydrogen) atoms. The molecule has 8 nitrogen and oxygen atoms in total. The normalized spacial score (nSPS) is 15.6. The molecule has 3 heterocycles. The van der Waals surface area contributed by atoms with Crippen LogP contribution in [0.2, 0.25) is 0 Å². The molecule has 0 bridgehead atoms. The summed E-state index contributed by atoms with van der Waals surface area (Å²) in [6, 6.07) is 17.9. The molecule has 0 fully saturated rings. The smallest absolute Gasteiger partial charge is 0.263 e. The number of aromatic nitrogens is 2. The van der Waals surface area contributed by atoms with Gasteiger partial charge in [-0.3, -0.25) is 14.2 Å². The molecule has 2 aromatic heterocycles. The lowest BCUT2D eigenvalue weighted by Crippen LogP contribution is -2.35. The average molecular weight is 442 g/mol. The maximum atomic E-state index is 13.4. The van der Waals surface area contributed by atoms with Crippen LogP contribution in [0.25, 0.3) is 10.9 Å². The summed E-state index contributed by atoms with van der Waals surface area (Å²) in [6.07, 6.45) is 2.07. The van der Waals surface area contributed by atoms with Crippen molar-refractivity contribution in [3.05, 3.63) is 94.4 Å². The minimum absolute atomic E-state index is 0.168. The molecule has 8 heteroatoms. The summed E-state index contributed by atoms with van der Waals surface area (Å²) in [5, 5.41) is 6.52. The quantitative estimate of drug-likeness (QED) is 0.470. The number of benzene rings is 2. The number of hydrazone groups is 1. The lowest BCUT2D eigenvalue weighted by atomic mass is 10.0. The van der Waals surface area contributed by atoms with Crippen molar-refractivity contribution in [2.24, 2.45) is 5.10 Å². The van der Waals surface area contributed by atoms with Crippen molar-refractivity contribution >= 4 is 22.5 Å². The van der Waals surface area contributed by atoms with Crippen LogP contribution in [0.1, 0.15) is 29.6 Å². The van der Waals surface area contributed by atoms with Crippen LogP contribution in [0, 0.1) is 6.92 Å². The van der Waals surface area contributed by atoms with Crippen molar-refractivity contribution in [2.45, 2.75) is 25.9 Å². The minimum Gasteiger partial charge on any atom is -0.497 e. The van der Waals surface area contributed by atoms with Gasteiger partial charge in [-0.15, -0.1) is 0 Å². The summed E-state index contributed by atoms with van der Waals surface area (Å²) < 4.78 is 12.2. The molecule has 0 aliphatic carbocycles. The topological polar surface area (TPSA) is 89.9 Å². The first kappa shape index (κ1) is 20.7. The molecule has 1 unspecified atom stereocenters. The standard InChI is InChI=1S/C25H22N4O4/c1-16-26-20-7-4-3-6-19(20)25(31)28(16)15-24(30)29-22(23-8-5-13-33-23)14-21(27-29)17-9-11-18(32-2)12-10-17/h3-13,22H,14-15H2,1-2H3. The van der Waals surface area contributed by atoms with Crippen LogP contribution in [0.15, 0.2) is 81.2 Å². The highest BCUT2D eigenvalue weighted by molar-refractivity contribution is 6.03. The van der Waals surface area contributed by atoms with Gasteiger partial charge in [0.15, 0.2) is 0 Å². The number of methoxy groups -OCH3 is 1. The van der Waals surface area contributed by atoms with Crippen LogP contribution < -0.4 is 10.3 Å². The minimum atomic E-state index is -0.394. The molecule has 5 rings (SSSR count). The van der Waals surface area contributed by atoms with E-state index >= 15 is 0 Å². The van der Waals surface area contributed by atoms with Crippen molar-refractivity contribution in [2.75, 3.05) is 7.11 Å². The summed E-state index contributed by atoms with van der Waals surface area (Å²) in [4.78, 5) is 30.9. The zero-order chi connectivity index (χ0) is 22.9. The predicted octanol–water partition coefficient (Wildman–Crippen LogP) is 3.68. The van der Waals surface area contributed by atoms with Gasteiger partial charge in [-0.25, -0.2) is 9.99 Å². The van der Waals surface area contributed by atoms with Crippen molar-refractivity contribution in [3.8, 4) is 5.75 Å². The SMILES string of the molecule is COc1ccc(C2=NN(C(=O)Cn3c(C)nc4ccccc4c3=O)C(c3ccco3)C2)cc1. The van der Waals surface area contributed by atoms with E-state index < -0.39 is 6.04 Å². The Morgan fingerprint density at radius 3 is 2.64 bits per heavy atom. The van der Waals surface area contributed by atoms with Gasteiger partial charge in [0, 0.05) is 6.42 Å². The zero-order valence-electron chi connectivity index (χ0n) is 18.3. The first-order valence-electron chi connectivity index (χ1n) is 10.6. The number of carbonyl (C=O) groups is 1. The molecule has 0 saturated carbocycles. The van der Waals surface area contributed by atoms with Crippen LogP contribution >= 0.6 is 0 Å². The summed E-state index contributed by atoms with van der Waals surface area (Å²) >= 11 is 0. The number of para-hydroxylation sites is 1. The summed E-state index contributed by atoms with van der Waals surface area (Å²) in [7, 11) is 1.61. The van der Waals surface area contributed by atoms with E-state index in [1.807, 2.05) is 36.4 Å². The van der Waals surface area contributed by atoms with Crippen molar-refractivity contribution < 1.29 is 13.9 Å². The molecule has 2 aromatic carbocycles. The second-order valence-electron chi connectivity index (χ2n) is 7.82. The maximum Gasteiger partial charge on any atom is 0.263 e. The Balaban J connectivity index is 1.49. The van der Waals surface area contributed by atoms with Crippen LogP contribution in [0.5, 0.6) is 5.75 Å². The first-order chi connectivity index (χ1) is 16.0. The molecule has 0 radical (unpaired) electrons. The number of aryl methyl sites for hydroxylation is 1. The third-order valence-electron chi connectivity index (χ3n) is 5.81. The van der Waals surface area contributed by atoms with Gasteiger partial charge in [0.25, 0.3) is 11.5 Å². The molecule has 4 aromatic rings. The number of fused-ring (bicyclic) bond motifs is 1. The summed E-state index contributed by atoms with van der Waals surface area (Å²) in [6.45, 7) is 1.56. The molecular weight excluding hydrogens is 420 g/mol. The highest BCUT2D eigenvalue weighted by atomic mass is 16.5. The molecule has 166 valence electrons. The highest BCUT2D eigenvalue weighted by Crippen LogP contribution is 2.33. The number of hydrogen-bond acceptors (Lipinski definition) is 6. The van der Waals surface area contributed by atoms with E-state index in [1.165, 1.54) is 9.58 Å². The van der Waals surface area contributed by atoms with Crippen LogP contribution in [0.4, 0.5) is 0 Å². The van der Waals surface area contributed by atoms with Gasteiger partial charge in [-0.2, -0.15) is 5.10 Å². The fourth-order valence-corrected chi connectivity index (χ4v) is 4.07. The Morgan fingerprint density at radius 2 is 1.91 bits per heavy atom.